The standard InChI is InChI=1S/C12H24N4O2.2ClH/c1-12(2,11(13)18)16-8-6-15(7-9-16)10(17)4-5-14-3;;/h14H,4-9H2,1-3H3,(H2,13,18);2*1H. The molecule has 0 spiro atoms. The Kier molecular flexibility index (Phi) is 10.2. The number of hydrogen-bond acceptors (Lipinski definition) is 4. The molecule has 2 amide bonds. The molecule has 0 bridgehead atoms. The number of amides is 2. The van der Waals surface area contributed by atoms with Gasteiger partial charge in [0.1, 0.15) is 0 Å². The van der Waals surface area contributed by atoms with Gasteiger partial charge in [0.15, 0.2) is 0 Å². The predicted molar refractivity (Wildman–Crippen MR) is 84.5 cm³/mol. The SMILES string of the molecule is CNCCC(=O)N1CCN(C(C)(C)C(N)=O)CC1.Cl.Cl. The first kappa shape index (κ1) is 21.7. The topological polar surface area (TPSA) is 78.7 Å². The minimum absolute atomic E-state index is 0. The van der Waals surface area contributed by atoms with Crippen molar-refractivity contribution >= 4 is 36.6 Å². The molecule has 1 heterocycles. The van der Waals surface area contributed by atoms with Gasteiger partial charge in [0.05, 0.1) is 5.54 Å². The molecule has 1 aliphatic heterocycles. The van der Waals surface area contributed by atoms with E-state index < -0.39 is 5.54 Å². The molecule has 0 aliphatic carbocycles. The Bertz CT molecular complexity index is 319. The third-order valence-electron chi connectivity index (χ3n) is 3.61. The molecule has 0 atom stereocenters. The summed E-state index contributed by atoms with van der Waals surface area (Å²) in [5, 5.41) is 2.97. The van der Waals surface area contributed by atoms with Crippen molar-refractivity contribution in [3.05, 3.63) is 0 Å². The van der Waals surface area contributed by atoms with Crippen molar-refractivity contribution in [3.63, 3.8) is 0 Å². The smallest absolute Gasteiger partial charge is 0.237 e. The third-order valence-corrected chi connectivity index (χ3v) is 3.61. The normalized spacial score (nSPS) is 16.1. The maximum Gasteiger partial charge on any atom is 0.237 e. The number of carbonyl (C=O) groups is 2. The minimum atomic E-state index is -0.639. The van der Waals surface area contributed by atoms with Crippen LogP contribution in [0.5, 0.6) is 0 Å². The lowest BCUT2D eigenvalue weighted by molar-refractivity contribution is -0.136. The van der Waals surface area contributed by atoms with Gasteiger partial charge < -0.3 is 16.0 Å². The lowest BCUT2D eigenvalue weighted by atomic mass is 10.0. The minimum Gasteiger partial charge on any atom is -0.368 e. The molecule has 0 saturated carbocycles. The maximum absolute atomic E-state index is 11.8. The van der Waals surface area contributed by atoms with Crippen LogP contribution >= 0.6 is 24.8 Å². The lowest BCUT2D eigenvalue weighted by Crippen LogP contribution is -2.60. The summed E-state index contributed by atoms with van der Waals surface area (Å²) in [6, 6.07) is 0. The fourth-order valence-electron chi connectivity index (χ4n) is 2.06. The Morgan fingerprint density at radius 3 is 2.05 bits per heavy atom. The summed E-state index contributed by atoms with van der Waals surface area (Å²) in [7, 11) is 1.83. The van der Waals surface area contributed by atoms with E-state index in [2.05, 4.69) is 5.32 Å². The zero-order valence-electron chi connectivity index (χ0n) is 12.3. The summed E-state index contributed by atoms with van der Waals surface area (Å²) in [6.07, 6.45) is 0.524. The fraction of sp³-hybridized carbons (Fsp3) is 0.833. The van der Waals surface area contributed by atoms with E-state index in [9.17, 15) is 9.59 Å². The Hall–Kier alpha value is -0.560. The average molecular weight is 329 g/mol. The summed E-state index contributed by atoms with van der Waals surface area (Å²) in [5.41, 5.74) is 4.75. The second kappa shape index (κ2) is 9.39. The molecule has 6 nitrogen and oxygen atoms in total. The van der Waals surface area contributed by atoms with Crippen LogP contribution in [0.4, 0.5) is 0 Å². The van der Waals surface area contributed by atoms with E-state index in [0.29, 0.717) is 39.1 Å². The summed E-state index contributed by atoms with van der Waals surface area (Å²) in [4.78, 5) is 27.1. The number of primary amides is 1. The van der Waals surface area contributed by atoms with Gasteiger partial charge in [-0.1, -0.05) is 0 Å². The van der Waals surface area contributed by atoms with Gasteiger partial charge in [0.25, 0.3) is 0 Å². The number of hydrogen-bond donors (Lipinski definition) is 2. The summed E-state index contributed by atoms with van der Waals surface area (Å²) >= 11 is 0. The molecule has 1 rings (SSSR count). The van der Waals surface area contributed by atoms with Crippen LogP contribution in [-0.4, -0.2) is 66.9 Å². The number of nitrogens with two attached hydrogens (primary N) is 1. The van der Waals surface area contributed by atoms with E-state index in [0.717, 1.165) is 0 Å². The second-order valence-corrected chi connectivity index (χ2v) is 5.14. The molecule has 0 unspecified atom stereocenters. The highest BCUT2D eigenvalue weighted by molar-refractivity contribution is 5.85. The number of rotatable bonds is 5. The molecule has 0 radical (unpaired) electrons. The van der Waals surface area contributed by atoms with Gasteiger partial charge in [0, 0.05) is 39.1 Å². The van der Waals surface area contributed by atoms with Crippen LogP contribution in [0.15, 0.2) is 0 Å². The first-order valence-corrected chi connectivity index (χ1v) is 6.37. The monoisotopic (exact) mass is 328 g/mol. The molecule has 3 N–H and O–H groups in total. The van der Waals surface area contributed by atoms with Crippen molar-refractivity contribution < 1.29 is 9.59 Å². The molecule has 20 heavy (non-hydrogen) atoms. The molecule has 0 aromatic heterocycles. The number of nitrogens with one attached hydrogen (secondary N) is 1. The lowest BCUT2D eigenvalue weighted by Gasteiger charge is -2.42. The van der Waals surface area contributed by atoms with Crippen LogP contribution in [-0.2, 0) is 9.59 Å². The Morgan fingerprint density at radius 2 is 1.65 bits per heavy atom. The van der Waals surface area contributed by atoms with E-state index in [-0.39, 0.29) is 36.6 Å². The van der Waals surface area contributed by atoms with Crippen LogP contribution in [0.25, 0.3) is 0 Å². The van der Waals surface area contributed by atoms with Crippen LogP contribution in [0.1, 0.15) is 20.3 Å². The van der Waals surface area contributed by atoms with Crippen LogP contribution in [0.3, 0.4) is 0 Å². The zero-order chi connectivity index (χ0) is 13.8. The number of halogens is 2. The highest BCUT2D eigenvalue weighted by atomic mass is 35.5. The largest absolute Gasteiger partial charge is 0.368 e. The van der Waals surface area contributed by atoms with Gasteiger partial charge in [0.2, 0.25) is 11.8 Å². The number of nitrogens with zero attached hydrogens (tertiary/aromatic N) is 2. The van der Waals surface area contributed by atoms with E-state index >= 15 is 0 Å². The molecular formula is C12H26Cl2N4O2. The quantitative estimate of drug-likeness (QED) is 0.735. The van der Waals surface area contributed by atoms with Crippen LogP contribution in [0.2, 0.25) is 0 Å². The summed E-state index contributed by atoms with van der Waals surface area (Å²) < 4.78 is 0. The predicted octanol–water partition coefficient (Wildman–Crippen LogP) is -0.152. The molecule has 8 heteroatoms. The zero-order valence-corrected chi connectivity index (χ0v) is 14.0. The van der Waals surface area contributed by atoms with E-state index in [1.54, 1.807) is 0 Å². The molecular weight excluding hydrogens is 303 g/mol. The van der Waals surface area contributed by atoms with Gasteiger partial charge in [-0.3, -0.25) is 14.5 Å². The Balaban J connectivity index is 0. The maximum atomic E-state index is 11.8. The van der Waals surface area contributed by atoms with Crippen molar-refractivity contribution in [2.24, 2.45) is 5.73 Å². The summed E-state index contributed by atoms with van der Waals surface area (Å²) in [5.74, 6) is -0.154. The van der Waals surface area contributed by atoms with Crippen molar-refractivity contribution in [1.82, 2.24) is 15.1 Å². The van der Waals surface area contributed by atoms with E-state index in [1.165, 1.54) is 0 Å². The van der Waals surface area contributed by atoms with Crippen molar-refractivity contribution in [3.8, 4) is 0 Å². The molecule has 0 aromatic rings. The Morgan fingerprint density at radius 1 is 1.15 bits per heavy atom. The van der Waals surface area contributed by atoms with Crippen LogP contribution in [0, 0.1) is 0 Å². The van der Waals surface area contributed by atoms with Gasteiger partial charge in [-0.05, 0) is 20.9 Å². The fourth-order valence-corrected chi connectivity index (χ4v) is 2.06. The van der Waals surface area contributed by atoms with Gasteiger partial charge >= 0.3 is 0 Å². The highest BCUT2D eigenvalue weighted by Gasteiger charge is 2.35. The van der Waals surface area contributed by atoms with Gasteiger partial charge in [-0.25, -0.2) is 0 Å². The van der Waals surface area contributed by atoms with Gasteiger partial charge in [-0.2, -0.15) is 0 Å². The van der Waals surface area contributed by atoms with E-state index in [1.807, 2.05) is 30.7 Å². The average Bonchev–Trinajstić information content (AvgIpc) is 2.35. The highest BCUT2D eigenvalue weighted by Crippen LogP contribution is 2.16. The van der Waals surface area contributed by atoms with Crippen LogP contribution < -0.4 is 11.1 Å². The molecule has 1 saturated heterocycles. The number of piperazine rings is 1. The third kappa shape index (κ3) is 5.44. The second-order valence-electron chi connectivity index (χ2n) is 5.14. The molecule has 0 aromatic carbocycles. The van der Waals surface area contributed by atoms with Crippen molar-refractivity contribution in [2.75, 3.05) is 39.8 Å². The Labute approximate surface area is 133 Å². The molecule has 120 valence electrons. The van der Waals surface area contributed by atoms with Gasteiger partial charge in [-0.15, -0.1) is 24.8 Å². The van der Waals surface area contributed by atoms with E-state index in [4.69, 9.17) is 5.73 Å². The first-order valence-electron chi connectivity index (χ1n) is 6.37. The summed E-state index contributed by atoms with van der Waals surface area (Å²) in [6.45, 7) is 7.08. The number of carbonyl (C=O) groups excluding carboxylic acids is 2. The van der Waals surface area contributed by atoms with Crippen molar-refractivity contribution in [1.29, 1.82) is 0 Å². The first-order chi connectivity index (χ1) is 8.39. The molecule has 1 fully saturated rings. The molecule has 1 aliphatic rings. The van der Waals surface area contributed by atoms with Crippen molar-refractivity contribution in [2.45, 2.75) is 25.8 Å².